The summed E-state index contributed by atoms with van der Waals surface area (Å²) >= 11 is 0. The first-order valence-electron chi connectivity index (χ1n) is 5.11. The Hall–Kier alpha value is -1.06. The summed E-state index contributed by atoms with van der Waals surface area (Å²) in [6.07, 6.45) is 0. The number of hydrogen-bond acceptors (Lipinski definition) is 3. The molecule has 0 saturated carbocycles. The van der Waals surface area contributed by atoms with Gasteiger partial charge in [-0.05, 0) is 23.1 Å². The minimum absolute atomic E-state index is 0. The van der Waals surface area contributed by atoms with Gasteiger partial charge < -0.3 is 10.2 Å². The highest BCUT2D eigenvalue weighted by Gasteiger charge is 2.15. The molecule has 88 valence electrons. The third kappa shape index (κ3) is 2.36. The van der Waals surface area contributed by atoms with Crippen LogP contribution in [-0.2, 0) is 12.0 Å². The average molecular weight is 241 g/mol. The molecule has 0 aliphatic carbocycles. The van der Waals surface area contributed by atoms with Crippen LogP contribution in [0.5, 0.6) is 0 Å². The van der Waals surface area contributed by atoms with E-state index in [0.29, 0.717) is 12.4 Å². The fourth-order valence-corrected chi connectivity index (χ4v) is 1.53. The molecule has 1 heterocycles. The normalized spacial score (nSPS) is 11.5. The van der Waals surface area contributed by atoms with E-state index in [0.717, 1.165) is 11.1 Å². The van der Waals surface area contributed by atoms with Crippen molar-refractivity contribution in [1.29, 1.82) is 0 Å². The standard InChI is InChI=1S/C12H16N2O.ClH/c1-12(2,3)8-4-5-10-9(6-8)14-11(7-13)15-10;/h4-6H,7,13H2,1-3H3;1H. The molecule has 0 radical (unpaired) electrons. The van der Waals surface area contributed by atoms with Crippen molar-refractivity contribution in [1.82, 2.24) is 4.98 Å². The number of nitrogens with two attached hydrogens (primary N) is 1. The van der Waals surface area contributed by atoms with E-state index < -0.39 is 0 Å². The third-order valence-electron chi connectivity index (χ3n) is 2.47. The topological polar surface area (TPSA) is 52.0 Å². The van der Waals surface area contributed by atoms with Gasteiger partial charge in [0, 0.05) is 0 Å². The molecule has 1 aromatic carbocycles. The van der Waals surface area contributed by atoms with Gasteiger partial charge in [-0.15, -0.1) is 12.4 Å². The molecule has 1 aromatic heterocycles. The van der Waals surface area contributed by atoms with E-state index >= 15 is 0 Å². The zero-order valence-corrected chi connectivity index (χ0v) is 10.6. The molecule has 0 spiro atoms. The maximum Gasteiger partial charge on any atom is 0.209 e. The van der Waals surface area contributed by atoms with Crippen molar-refractivity contribution in [3.8, 4) is 0 Å². The largest absolute Gasteiger partial charge is 0.439 e. The maximum absolute atomic E-state index is 5.48. The van der Waals surface area contributed by atoms with Crippen LogP contribution in [-0.4, -0.2) is 4.98 Å². The Kier molecular flexibility index (Phi) is 3.61. The van der Waals surface area contributed by atoms with Gasteiger partial charge >= 0.3 is 0 Å². The van der Waals surface area contributed by atoms with E-state index in [2.05, 4.69) is 37.9 Å². The van der Waals surface area contributed by atoms with Crippen LogP contribution in [0.25, 0.3) is 11.1 Å². The highest BCUT2D eigenvalue weighted by Crippen LogP contribution is 2.26. The van der Waals surface area contributed by atoms with Crippen LogP contribution < -0.4 is 5.73 Å². The number of rotatable bonds is 1. The lowest BCUT2D eigenvalue weighted by Gasteiger charge is -2.18. The molecule has 4 heteroatoms. The summed E-state index contributed by atoms with van der Waals surface area (Å²) < 4.78 is 5.45. The summed E-state index contributed by atoms with van der Waals surface area (Å²) in [5.74, 6) is 0.594. The first-order valence-corrected chi connectivity index (χ1v) is 5.11. The maximum atomic E-state index is 5.48. The first kappa shape index (κ1) is 13.0. The number of nitrogens with zero attached hydrogens (tertiary/aromatic N) is 1. The summed E-state index contributed by atoms with van der Waals surface area (Å²) in [6, 6.07) is 6.11. The van der Waals surface area contributed by atoms with Crippen molar-refractivity contribution < 1.29 is 4.42 Å². The van der Waals surface area contributed by atoms with E-state index in [1.807, 2.05) is 6.07 Å². The first-order chi connectivity index (χ1) is 7.00. The summed E-state index contributed by atoms with van der Waals surface area (Å²) in [7, 11) is 0. The van der Waals surface area contributed by atoms with Crippen molar-refractivity contribution >= 4 is 23.5 Å². The van der Waals surface area contributed by atoms with Gasteiger partial charge in [0.2, 0.25) is 5.89 Å². The third-order valence-corrected chi connectivity index (χ3v) is 2.47. The van der Waals surface area contributed by atoms with Crippen LogP contribution in [0.15, 0.2) is 22.6 Å². The van der Waals surface area contributed by atoms with E-state index in [1.165, 1.54) is 5.56 Å². The second-order valence-electron chi connectivity index (χ2n) is 4.74. The van der Waals surface area contributed by atoms with Gasteiger partial charge in [-0.1, -0.05) is 26.8 Å². The molecule has 2 aromatic rings. The zero-order valence-electron chi connectivity index (χ0n) is 9.78. The smallest absolute Gasteiger partial charge is 0.209 e. The van der Waals surface area contributed by atoms with Crippen LogP contribution in [0.1, 0.15) is 32.2 Å². The zero-order chi connectivity index (χ0) is 11.1. The second kappa shape index (κ2) is 4.44. The molecule has 0 saturated heterocycles. The van der Waals surface area contributed by atoms with E-state index in [-0.39, 0.29) is 17.8 Å². The van der Waals surface area contributed by atoms with Gasteiger partial charge in [-0.3, -0.25) is 0 Å². The van der Waals surface area contributed by atoms with Crippen LogP contribution >= 0.6 is 12.4 Å². The Bertz CT molecular complexity index is 485. The van der Waals surface area contributed by atoms with E-state index in [1.54, 1.807) is 0 Å². The monoisotopic (exact) mass is 240 g/mol. The summed E-state index contributed by atoms with van der Waals surface area (Å²) in [5.41, 5.74) is 8.57. The molecular formula is C12H17ClN2O. The Balaban J connectivity index is 0.00000128. The summed E-state index contributed by atoms with van der Waals surface area (Å²) in [6.45, 7) is 6.88. The number of oxazole rings is 1. The van der Waals surface area contributed by atoms with Crippen molar-refractivity contribution in [3.63, 3.8) is 0 Å². The van der Waals surface area contributed by atoms with Gasteiger partial charge in [-0.2, -0.15) is 0 Å². The molecule has 2 rings (SSSR count). The van der Waals surface area contributed by atoms with Crippen molar-refractivity contribution in [2.75, 3.05) is 0 Å². The number of benzene rings is 1. The lowest BCUT2D eigenvalue weighted by Crippen LogP contribution is -2.10. The Labute approximate surface area is 101 Å². The van der Waals surface area contributed by atoms with E-state index in [4.69, 9.17) is 10.2 Å². The van der Waals surface area contributed by atoms with Gasteiger partial charge in [-0.25, -0.2) is 4.98 Å². The highest BCUT2D eigenvalue weighted by molar-refractivity contribution is 5.85. The van der Waals surface area contributed by atoms with Crippen LogP contribution in [0.4, 0.5) is 0 Å². The van der Waals surface area contributed by atoms with E-state index in [9.17, 15) is 0 Å². The lowest BCUT2D eigenvalue weighted by atomic mass is 9.87. The molecule has 0 aliphatic rings. The fraction of sp³-hybridized carbons (Fsp3) is 0.417. The van der Waals surface area contributed by atoms with Crippen LogP contribution in [0.2, 0.25) is 0 Å². The summed E-state index contributed by atoms with van der Waals surface area (Å²) in [4.78, 5) is 4.31. The van der Waals surface area contributed by atoms with Gasteiger partial charge in [0.1, 0.15) is 5.52 Å². The van der Waals surface area contributed by atoms with Crippen molar-refractivity contribution in [3.05, 3.63) is 29.7 Å². The molecule has 0 atom stereocenters. The molecule has 2 N–H and O–H groups in total. The Morgan fingerprint density at radius 1 is 1.31 bits per heavy atom. The number of hydrogen-bond donors (Lipinski definition) is 1. The number of fused-ring (bicyclic) bond motifs is 1. The predicted octanol–water partition coefficient (Wildman–Crippen LogP) is 3.01. The Morgan fingerprint density at radius 2 is 2.00 bits per heavy atom. The summed E-state index contributed by atoms with van der Waals surface area (Å²) in [5, 5.41) is 0. The molecule has 0 fully saturated rings. The lowest BCUT2D eigenvalue weighted by molar-refractivity contribution is 0.533. The van der Waals surface area contributed by atoms with Gasteiger partial charge in [0.05, 0.1) is 6.54 Å². The quantitative estimate of drug-likeness (QED) is 0.834. The molecule has 0 amide bonds. The minimum atomic E-state index is 0. The van der Waals surface area contributed by atoms with Crippen molar-refractivity contribution in [2.24, 2.45) is 5.73 Å². The molecule has 0 unspecified atom stereocenters. The SMILES string of the molecule is CC(C)(C)c1ccc2oc(CN)nc2c1.Cl. The molecular weight excluding hydrogens is 224 g/mol. The van der Waals surface area contributed by atoms with Gasteiger partial charge in [0.15, 0.2) is 5.58 Å². The second-order valence-corrected chi connectivity index (χ2v) is 4.74. The fourth-order valence-electron chi connectivity index (χ4n) is 1.53. The Morgan fingerprint density at radius 3 is 2.56 bits per heavy atom. The molecule has 0 bridgehead atoms. The van der Waals surface area contributed by atoms with Crippen LogP contribution in [0.3, 0.4) is 0 Å². The number of halogens is 1. The van der Waals surface area contributed by atoms with Crippen LogP contribution in [0, 0.1) is 0 Å². The highest BCUT2D eigenvalue weighted by atomic mass is 35.5. The van der Waals surface area contributed by atoms with Crippen molar-refractivity contribution in [2.45, 2.75) is 32.7 Å². The molecule has 3 nitrogen and oxygen atoms in total. The predicted molar refractivity (Wildman–Crippen MR) is 67.8 cm³/mol. The van der Waals surface area contributed by atoms with Gasteiger partial charge in [0.25, 0.3) is 0 Å². The minimum Gasteiger partial charge on any atom is -0.439 e. The average Bonchev–Trinajstić information content (AvgIpc) is 2.57. The molecule has 0 aliphatic heterocycles. The number of aromatic nitrogens is 1. The molecule has 16 heavy (non-hydrogen) atoms.